The molecule has 2 aromatic carbocycles. The van der Waals surface area contributed by atoms with E-state index in [0.717, 1.165) is 18.2 Å². The molecule has 0 atom stereocenters. The van der Waals surface area contributed by atoms with Crippen molar-refractivity contribution in [1.82, 2.24) is 9.88 Å². The maximum Gasteiger partial charge on any atom is 0.254 e. The van der Waals surface area contributed by atoms with Gasteiger partial charge in [0.25, 0.3) is 5.91 Å². The topological polar surface area (TPSA) is 53.5 Å². The largest absolute Gasteiger partial charge is 0.345 e. The number of thiazole rings is 1. The minimum absolute atomic E-state index is 0.114. The van der Waals surface area contributed by atoms with Gasteiger partial charge in [0.2, 0.25) is 0 Å². The summed E-state index contributed by atoms with van der Waals surface area (Å²) in [5.41, 5.74) is 1.36. The first-order chi connectivity index (χ1) is 13.6. The first-order valence-corrected chi connectivity index (χ1v) is 10.2. The molecule has 0 N–H and O–H groups in total. The zero-order valence-electron chi connectivity index (χ0n) is 15.0. The highest BCUT2D eigenvalue weighted by atomic mass is 35.5. The van der Waals surface area contributed by atoms with Gasteiger partial charge in [-0.05, 0) is 30.3 Å². The number of ketones is 1. The molecule has 2 heterocycles. The van der Waals surface area contributed by atoms with Gasteiger partial charge in [-0.25, -0.2) is 4.98 Å². The molecule has 0 spiro atoms. The first kappa shape index (κ1) is 18.7. The summed E-state index contributed by atoms with van der Waals surface area (Å²) < 4.78 is 0. The second-order valence-electron chi connectivity index (χ2n) is 6.48. The third kappa shape index (κ3) is 3.79. The van der Waals surface area contributed by atoms with Crippen LogP contribution in [0.2, 0.25) is 5.02 Å². The van der Waals surface area contributed by atoms with Crippen LogP contribution in [0.25, 0.3) is 0 Å². The van der Waals surface area contributed by atoms with Crippen molar-refractivity contribution in [3.05, 3.63) is 81.8 Å². The lowest BCUT2D eigenvalue weighted by atomic mass is 9.97. The molecule has 4 rings (SSSR count). The number of carbonyl (C=O) groups is 2. The summed E-state index contributed by atoms with van der Waals surface area (Å²) in [5.74, 6) is -0.293. The summed E-state index contributed by atoms with van der Waals surface area (Å²) in [7, 11) is 0. The maximum absolute atomic E-state index is 13.1. The quantitative estimate of drug-likeness (QED) is 0.609. The Labute approximate surface area is 172 Å². The van der Waals surface area contributed by atoms with E-state index in [1.54, 1.807) is 71.0 Å². The molecular weight excluding hydrogens is 394 g/mol. The molecule has 7 heteroatoms. The molecule has 28 heavy (non-hydrogen) atoms. The van der Waals surface area contributed by atoms with Crippen molar-refractivity contribution < 1.29 is 9.59 Å². The van der Waals surface area contributed by atoms with Gasteiger partial charge in [-0.1, -0.05) is 29.8 Å². The molecule has 1 saturated heterocycles. The highest BCUT2D eigenvalue weighted by Crippen LogP contribution is 2.22. The van der Waals surface area contributed by atoms with E-state index in [4.69, 9.17) is 11.6 Å². The number of benzene rings is 2. The molecule has 0 radical (unpaired) electrons. The summed E-state index contributed by atoms with van der Waals surface area (Å²) in [6.07, 6.45) is 1.79. The van der Waals surface area contributed by atoms with Crippen LogP contribution in [-0.4, -0.2) is 47.8 Å². The summed E-state index contributed by atoms with van der Waals surface area (Å²) >= 11 is 7.51. The maximum atomic E-state index is 13.1. The van der Waals surface area contributed by atoms with Gasteiger partial charge in [0, 0.05) is 53.9 Å². The van der Waals surface area contributed by atoms with Crippen LogP contribution in [-0.2, 0) is 0 Å². The van der Waals surface area contributed by atoms with Crippen molar-refractivity contribution >= 4 is 39.8 Å². The van der Waals surface area contributed by atoms with E-state index in [0.29, 0.717) is 34.8 Å². The Balaban J connectivity index is 1.52. The van der Waals surface area contributed by atoms with Crippen LogP contribution in [0.1, 0.15) is 26.3 Å². The Hall–Kier alpha value is -2.70. The molecule has 0 saturated carbocycles. The number of halogens is 1. The molecule has 0 aliphatic carbocycles. The predicted molar refractivity (Wildman–Crippen MR) is 112 cm³/mol. The minimum Gasteiger partial charge on any atom is -0.345 e. The van der Waals surface area contributed by atoms with Crippen LogP contribution in [0, 0.1) is 0 Å². The third-order valence-electron chi connectivity index (χ3n) is 4.77. The average Bonchev–Trinajstić information content (AvgIpc) is 3.28. The molecule has 5 nitrogen and oxygen atoms in total. The van der Waals surface area contributed by atoms with E-state index in [-0.39, 0.29) is 11.7 Å². The molecule has 1 aromatic heterocycles. The normalized spacial score (nSPS) is 14.2. The van der Waals surface area contributed by atoms with E-state index in [1.165, 1.54) is 0 Å². The van der Waals surface area contributed by atoms with Crippen LogP contribution in [0.4, 0.5) is 5.13 Å². The Morgan fingerprint density at radius 1 is 0.929 bits per heavy atom. The number of piperazine rings is 1. The van der Waals surface area contributed by atoms with Gasteiger partial charge in [-0.2, -0.15) is 0 Å². The summed E-state index contributed by atoms with van der Waals surface area (Å²) in [6, 6.07) is 13.7. The fraction of sp³-hybridized carbons (Fsp3) is 0.190. The Morgan fingerprint density at radius 3 is 2.25 bits per heavy atom. The molecule has 142 valence electrons. The van der Waals surface area contributed by atoms with Crippen LogP contribution in [0.5, 0.6) is 0 Å². The number of amides is 1. The molecule has 1 amide bonds. The number of carbonyl (C=O) groups excluding carboxylic acids is 2. The van der Waals surface area contributed by atoms with Crippen LogP contribution in [0.3, 0.4) is 0 Å². The van der Waals surface area contributed by atoms with Crippen molar-refractivity contribution in [2.24, 2.45) is 0 Å². The molecule has 1 fully saturated rings. The summed E-state index contributed by atoms with van der Waals surface area (Å²) in [4.78, 5) is 34.4. The van der Waals surface area contributed by atoms with Gasteiger partial charge in [-0.3, -0.25) is 9.59 Å². The molecule has 1 aliphatic heterocycles. The van der Waals surface area contributed by atoms with Gasteiger partial charge in [0.05, 0.1) is 5.56 Å². The Bertz CT molecular complexity index is 981. The number of nitrogens with zero attached hydrogens (tertiary/aromatic N) is 3. The van der Waals surface area contributed by atoms with Gasteiger partial charge < -0.3 is 9.80 Å². The summed E-state index contributed by atoms with van der Waals surface area (Å²) in [6.45, 7) is 2.66. The van der Waals surface area contributed by atoms with Gasteiger partial charge in [-0.15, -0.1) is 11.3 Å². The van der Waals surface area contributed by atoms with Gasteiger partial charge >= 0.3 is 0 Å². The van der Waals surface area contributed by atoms with Gasteiger partial charge in [0.15, 0.2) is 10.9 Å². The molecule has 3 aromatic rings. The Kier molecular flexibility index (Phi) is 5.41. The fourth-order valence-electron chi connectivity index (χ4n) is 3.27. The smallest absolute Gasteiger partial charge is 0.254 e. The monoisotopic (exact) mass is 411 g/mol. The molecule has 0 unspecified atom stereocenters. The lowest BCUT2D eigenvalue weighted by Gasteiger charge is -2.34. The number of hydrogen-bond acceptors (Lipinski definition) is 5. The van der Waals surface area contributed by atoms with Crippen molar-refractivity contribution in [2.45, 2.75) is 0 Å². The number of anilines is 1. The highest BCUT2D eigenvalue weighted by Gasteiger charge is 2.26. The van der Waals surface area contributed by atoms with Crippen molar-refractivity contribution in [2.75, 3.05) is 31.1 Å². The van der Waals surface area contributed by atoms with E-state index in [2.05, 4.69) is 9.88 Å². The van der Waals surface area contributed by atoms with E-state index in [1.807, 2.05) is 5.38 Å². The lowest BCUT2D eigenvalue weighted by Crippen LogP contribution is -2.49. The van der Waals surface area contributed by atoms with Gasteiger partial charge in [0.1, 0.15) is 0 Å². The van der Waals surface area contributed by atoms with E-state index < -0.39 is 0 Å². The van der Waals surface area contributed by atoms with Crippen LogP contribution < -0.4 is 4.90 Å². The zero-order chi connectivity index (χ0) is 19.5. The second kappa shape index (κ2) is 8.12. The van der Waals surface area contributed by atoms with E-state index >= 15 is 0 Å². The molecule has 0 bridgehead atoms. The van der Waals surface area contributed by atoms with Crippen molar-refractivity contribution in [3.8, 4) is 0 Å². The molecular formula is C21H18ClN3O2S. The predicted octanol–water partition coefficient (Wildman–Crippen LogP) is 3.99. The number of rotatable bonds is 4. The SMILES string of the molecule is O=C(c1ccc(Cl)cc1)c1ccccc1C(=O)N1CCN(c2nccs2)CC1. The lowest BCUT2D eigenvalue weighted by molar-refractivity contribution is 0.0742. The van der Waals surface area contributed by atoms with E-state index in [9.17, 15) is 9.59 Å². The second-order valence-corrected chi connectivity index (χ2v) is 7.78. The number of hydrogen-bond donors (Lipinski definition) is 0. The highest BCUT2D eigenvalue weighted by molar-refractivity contribution is 7.13. The standard InChI is InChI=1S/C21H18ClN3O2S/c22-16-7-5-15(6-8-16)19(26)17-3-1-2-4-18(17)20(27)24-10-12-25(13-11-24)21-23-9-14-28-21/h1-9,14H,10-13H2. The minimum atomic E-state index is -0.179. The first-order valence-electron chi connectivity index (χ1n) is 8.96. The Morgan fingerprint density at radius 2 is 1.61 bits per heavy atom. The fourth-order valence-corrected chi connectivity index (χ4v) is 4.09. The van der Waals surface area contributed by atoms with Crippen molar-refractivity contribution in [3.63, 3.8) is 0 Å². The molecule has 1 aliphatic rings. The van der Waals surface area contributed by atoms with Crippen molar-refractivity contribution in [1.29, 1.82) is 0 Å². The average molecular weight is 412 g/mol. The van der Waals surface area contributed by atoms with Crippen LogP contribution >= 0.6 is 22.9 Å². The number of aromatic nitrogens is 1. The van der Waals surface area contributed by atoms with Crippen LogP contribution in [0.15, 0.2) is 60.1 Å². The zero-order valence-corrected chi connectivity index (χ0v) is 16.6. The third-order valence-corrected chi connectivity index (χ3v) is 5.85. The summed E-state index contributed by atoms with van der Waals surface area (Å²) in [5, 5.41) is 3.50.